The molecule has 3 nitrogen and oxygen atoms in total. The molecule has 2 aromatic rings. The molecule has 0 spiro atoms. The predicted octanol–water partition coefficient (Wildman–Crippen LogP) is 4.24. The molecule has 0 aliphatic rings. The first-order valence-electron chi connectivity index (χ1n) is 5.78. The fraction of sp³-hybridized carbons (Fsp3) is 0.133. The molecule has 0 aliphatic carbocycles. The van der Waals surface area contributed by atoms with Crippen molar-refractivity contribution in [1.82, 2.24) is 0 Å². The molecule has 0 saturated heterocycles. The Balaban J connectivity index is 2.54. The summed E-state index contributed by atoms with van der Waals surface area (Å²) in [4.78, 5) is 12.6. The van der Waals surface area contributed by atoms with E-state index in [1.807, 2.05) is 0 Å². The lowest BCUT2D eigenvalue weighted by Crippen LogP contribution is -2.05. The standard InChI is InChI=1S/C15H12Cl2O3/c1-19-10-4-6-14(20-2)12(8-10)15(18)11-7-9(16)3-5-13(11)17/h3-8H,1-2H3. The van der Waals surface area contributed by atoms with Gasteiger partial charge in [0.2, 0.25) is 0 Å². The lowest BCUT2D eigenvalue weighted by molar-refractivity contribution is 0.103. The molecule has 20 heavy (non-hydrogen) atoms. The summed E-state index contributed by atoms with van der Waals surface area (Å²) >= 11 is 12.0. The zero-order chi connectivity index (χ0) is 14.7. The molecule has 2 rings (SSSR count). The smallest absolute Gasteiger partial charge is 0.198 e. The second-order valence-electron chi connectivity index (χ2n) is 4.02. The van der Waals surface area contributed by atoms with Crippen LogP contribution >= 0.6 is 23.2 Å². The summed E-state index contributed by atoms with van der Waals surface area (Å²) in [7, 11) is 3.03. The van der Waals surface area contributed by atoms with E-state index in [2.05, 4.69) is 0 Å². The zero-order valence-electron chi connectivity index (χ0n) is 10.9. The number of halogens is 2. The highest BCUT2D eigenvalue weighted by atomic mass is 35.5. The Morgan fingerprint density at radius 1 is 0.950 bits per heavy atom. The molecular weight excluding hydrogens is 299 g/mol. The highest BCUT2D eigenvalue weighted by molar-refractivity contribution is 6.36. The van der Waals surface area contributed by atoms with Gasteiger partial charge < -0.3 is 9.47 Å². The second-order valence-corrected chi connectivity index (χ2v) is 4.86. The third-order valence-electron chi connectivity index (χ3n) is 2.82. The molecule has 0 unspecified atom stereocenters. The van der Waals surface area contributed by atoms with Crippen LogP contribution in [0.5, 0.6) is 11.5 Å². The summed E-state index contributed by atoms with van der Waals surface area (Å²) in [6.07, 6.45) is 0. The minimum Gasteiger partial charge on any atom is -0.497 e. The van der Waals surface area contributed by atoms with E-state index in [1.165, 1.54) is 20.3 Å². The Kier molecular flexibility index (Phi) is 4.53. The molecule has 0 atom stereocenters. The molecule has 0 saturated carbocycles. The van der Waals surface area contributed by atoms with Gasteiger partial charge in [0.05, 0.1) is 24.8 Å². The van der Waals surface area contributed by atoms with E-state index in [9.17, 15) is 4.79 Å². The molecular formula is C15H12Cl2O3. The van der Waals surface area contributed by atoms with Gasteiger partial charge in [-0.2, -0.15) is 0 Å². The third-order valence-corrected chi connectivity index (χ3v) is 3.39. The highest BCUT2D eigenvalue weighted by Crippen LogP contribution is 2.29. The van der Waals surface area contributed by atoms with Crippen LogP contribution in [0.15, 0.2) is 36.4 Å². The van der Waals surface area contributed by atoms with Crippen molar-refractivity contribution in [3.05, 3.63) is 57.6 Å². The molecule has 0 N–H and O–H groups in total. The van der Waals surface area contributed by atoms with Crippen LogP contribution in [-0.2, 0) is 0 Å². The maximum atomic E-state index is 12.6. The minimum absolute atomic E-state index is 0.270. The Hall–Kier alpha value is -1.71. The van der Waals surface area contributed by atoms with Gasteiger partial charge in [0.15, 0.2) is 5.78 Å². The average molecular weight is 311 g/mol. The number of benzene rings is 2. The number of methoxy groups -OCH3 is 2. The van der Waals surface area contributed by atoms with Gasteiger partial charge in [-0.15, -0.1) is 0 Å². The Morgan fingerprint density at radius 2 is 1.70 bits per heavy atom. The van der Waals surface area contributed by atoms with Crippen LogP contribution in [0.4, 0.5) is 0 Å². The van der Waals surface area contributed by atoms with Gasteiger partial charge >= 0.3 is 0 Å². The van der Waals surface area contributed by atoms with Crippen molar-refractivity contribution in [3.8, 4) is 11.5 Å². The molecule has 0 aliphatic heterocycles. The lowest BCUT2D eigenvalue weighted by atomic mass is 10.0. The van der Waals surface area contributed by atoms with Crippen LogP contribution in [0.1, 0.15) is 15.9 Å². The van der Waals surface area contributed by atoms with E-state index in [-0.39, 0.29) is 5.78 Å². The van der Waals surface area contributed by atoms with Crippen molar-refractivity contribution in [1.29, 1.82) is 0 Å². The molecule has 0 radical (unpaired) electrons. The quantitative estimate of drug-likeness (QED) is 0.792. The van der Waals surface area contributed by atoms with E-state index < -0.39 is 0 Å². The van der Waals surface area contributed by atoms with Crippen molar-refractivity contribution < 1.29 is 14.3 Å². The van der Waals surface area contributed by atoms with E-state index in [0.717, 1.165) is 0 Å². The Labute approximate surface area is 127 Å². The Morgan fingerprint density at radius 3 is 2.35 bits per heavy atom. The van der Waals surface area contributed by atoms with Crippen LogP contribution in [0.2, 0.25) is 10.0 Å². The average Bonchev–Trinajstić information content (AvgIpc) is 2.48. The molecule has 0 bridgehead atoms. The first-order valence-corrected chi connectivity index (χ1v) is 6.54. The minimum atomic E-state index is -0.270. The number of hydrogen-bond acceptors (Lipinski definition) is 3. The topological polar surface area (TPSA) is 35.5 Å². The number of carbonyl (C=O) groups excluding carboxylic acids is 1. The summed E-state index contributed by atoms with van der Waals surface area (Å²) in [5.74, 6) is 0.743. The maximum Gasteiger partial charge on any atom is 0.198 e. The van der Waals surface area contributed by atoms with E-state index >= 15 is 0 Å². The lowest BCUT2D eigenvalue weighted by Gasteiger charge is -2.10. The van der Waals surface area contributed by atoms with Crippen LogP contribution in [-0.4, -0.2) is 20.0 Å². The maximum absolute atomic E-state index is 12.6. The van der Waals surface area contributed by atoms with Gasteiger partial charge in [0.25, 0.3) is 0 Å². The van der Waals surface area contributed by atoms with Crippen LogP contribution in [0.25, 0.3) is 0 Å². The molecule has 0 amide bonds. The van der Waals surface area contributed by atoms with Gasteiger partial charge in [-0.25, -0.2) is 0 Å². The number of hydrogen-bond donors (Lipinski definition) is 0. The largest absolute Gasteiger partial charge is 0.497 e. The van der Waals surface area contributed by atoms with Crippen molar-refractivity contribution >= 4 is 29.0 Å². The molecule has 0 aromatic heterocycles. The third kappa shape index (κ3) is 2.89. The van der Waals surface area contributed by atoms with Crippen LogP contribution < -0.4 is 9.47 Å². The predicted molar refractivity (Wildman–Crippen MR) is 79.4 cm³/mol. The van der Waals surface area contributed by atoms with Gasteiger partial charge in [-0.05, 0) is 36.4 Å². The number of ketones is 1. The summed E-state index contributed by atoms with van der Waals surface area (Å²) in [5.41, 5.74) is 0.696. The van der Waals surface area contributed by atoms with E-state index in [0.29, 0.717) is 32.7 Å². The number of ether oxygens (including phenoxy) is 2. The van der Waals surface area contributed by atoms with Crippen molar-refractivity contribution in [2.45, 2.75) is 0 Å². The second kappa shape index (κ2) is 6.16. The number of rotatable bonds is 4. The number of carbonyl (C=O) groups is 1. The summed E-state index contributed by atoms with van der Waals surface area (Å²) in [5, 5.41) is 0.781. The normalized spacial score (nSPS) is 10.2. The van der Waals surface area contributed by atoms with Crippen molar-refractivity contribution in [3.63, 3.8) is 0 Å². The Bertz CT molecular complexity index is 654. The molecule has 104 valence electrons. The van der Waals surface area contributed by atoms with Gasteiger partial charge in [0.1, 0.15) is 11.5 Å². The van der Waals surface area contributed by atoms with E-state index in [1.54, 1.807) is 30.3 Å². The summed E-state index contributed by atoms with van der Waals surface area (Å²) in [6, 6.07) is 9.75. The first kappa shape index (κ1) is 14.7. The fourth-order valence-corrected chi connectivity index (χ4v) is 2.18. The monoisotopic (exact) mass is 310 g/mol. The van der Waals surface area contributed by atoms with Gasteiger partial charge in [-0.1, -0.05) is 23.2 Å². The summed E-state index contributed by atoms with van der Waals surface area (Å²) in [6.45, 7) is 0. The molecule has 0 fully saturated rings. The fourth-order valence-electron chi connectivity index (χ4n) is 1.81. The van der Waals surface area contributed by atoms with Gasteiger partial charge in [0, 0.05) is 10.6 Å². The molecule has 0 heterocycles. The van der Waals surface area contributed by atoms with Crippen molar-refractivity contribution in [2.24, 2.45) is 0 Å². The molecule has 5 heteroatoms. The van der Waals surface area contributed by atoms with Gasteiger partial charge in [-0.3, -0.25) is 4.79 Å². The van der Waals surface area contributed by atoms with Crippen LogP contribution in [0, 0.1) is 0 Å². The summed E-state index contributed by atoms with van der Waals surface area (Å²) < 4.78 is 10.3. The SMILES string of the molecule is COc1ccc(OC)c(C(=O)c2cc(Cl)ccc2Cl)c1. The zero-order valence-corrected chi connectivity index (χ0v) is 12.5. The van der Waals surface area contributed by atoms with Crippen LogP contribution in [0.3, 0.4) is 0 Å². The highest BCUT2D eigenvalue weighted by Gasteiger charge is 2.18. The first-order chi connectivity index (χ1) is 9.56. The van der Waals surface area contributed by atoms with E-state index in [4.69, 9.17) is 32.7 Å². The molecule has 2 aromatic carbocycles. The van der Waals surface area contributed by atoms with Crippen molar-refractivity contribution in [2.75, 3.05) is 14.2 Å².